The van der Waals surface area contributed by atoms with Crippen LogP contribution in [0.4, 0.5) is 0 Å². The van der Waals surface area contributed by atoms with E-state index >= 15 is 0 Å². The van der Waals surface area contributed by atoms with Crippen LogP contribution in [-0.4, -0.2) is 51.8 Å². The summed E-state index contributed by atoms with van der Waals surface area (Å²) in [6, 6.07) is 14.6. The molecule has 0 amide bonds. The molecule has 2 N–H and O–H groups in total. The van der Waals surface area contributed by atoms with Crippen LogP contribution in [0.25, 0.3) is 21.0 Å². The Morgan fingerprint density at radius 2 is 2.19 bits per heavy atom. The van der Waals surface area contributed by atoms with Crippen LogP contribution in [0.5, 0.6) is 5.75 Å². The number of rotatable bonds is 10. The van der Waals surface area contributed by atoms with Crippen molar-refractivity contribution < 1.29 is 9.94 Å². The number of likely N-dealkylation sites (tertiary alicyclic amines) is 1. The van der Waals surface area contributed by atoms with Gasteiger partial charge in [0.2, 0.25) is 0 Å². The standard InChI is InChI=1S/C27H31N5O2S2/c1-18(2)34-25-10-7-19(15-20(25)16-28)27-29-17-26(35-27)23-6-3-5-22-21(23)8-9-24(22)30-36-32(33)14-13-31-11-4-12-31/h3,5-7,10,15,17-18,24,30,33H,4,8-9,11-14H2,1-2H3. The van der Waals surface area contributed by atoms with Crippen molar-refractivity contribution in [2.24, 2.45) is 0 Å². The summed E-state index contributed by atoms with van der Waals surface area (Å²) in [5.41, 5.74) is 5.28. The maximum absolute atomic E-state index is 10.2. The quantitative estimate of drug-likeness (QED) is 0.261. The molecule has 0 spiro atoms. The molecule has 0 saturated carbocycles. The van der Waals surface area contributed by atoms with Gasteiger partial charge < -0.3 is 14.8 Å². The molecular formula is C27H31N5O2S2. The van der Waals surface area contributed by atoms with Crippen LogP contribution in [0.3, 0.4) is 0 Å². The van der Waals surface area contributed by atoms with E-state index in [1.165, 1.54) is 39.7 Å². The Balaban J connectivity index is 1.28. The molecule has 1 aliphatic heterocycles. The second kappa shape index (κ2) is 11.3. The molecule has 2 aromatic carbocycles. The number of nitrogens with zero attached hydrogens (tertiary/aromatic N) is 4. The fourth-order valence-corrected chi connectivity index (χ4v) is 6.28. The Hall–Kier alpha value is -2.45. The Morgan fingerprint density at radius 3 is 2.94 bits per heavy atom. The van der Waals surface area contributed by atoms with Gasteiger partial charge in [-0.1, -0.05) is 18.2 Å². The molecule has 188 valence electrons. The van der Waals surface area contributed by atoms with E-state index in [0.717, 1.165) is 47.9 Å². The Morgan fingerprint density at radius 1 is 1.33 bits per heavy atom. The molecule has 1 aromatic heterocycles. The number of nitrogens with one attached hydrogen (secondary N) is 1. The number of hydrogen-bond donors (Lipinski definition) is 2. The minimum absolute atomic E-state index is 0.0112. The summed E-state index contributed by atoms with van der Waals surface area (Å²) in [7, 11) is 0. The number of fused-ring (bicyclic) bond motifs is 1. The first-order valence-corrected chi connectivity index (χ1v) is 14.0. The van der Waals surface area contributed by atoms with Crippen molar-refractivity contribution in [1.82, 2.24) is 19.1 Å². The molecule has 2 aliphatic rings. The second-order valence-corrected chi connectivity index (χ2v) is 11.3. The highest BCUT2D eigenvalue weighted by atomic mass is 32.2. The molecule has 5 rings (SSSR count). The maximum atomic E-state index is 10.2. The summed E-state index contributed by atoms with van der Waals surface area (Å²) in [5.74, 6) is 0.604. The topological polar surface area (TPSA) is 84.7 Å². The lowest BCUT2D eigenvalue weighted by atomic mass is 10.0. The van der Waals surface area contributed by atoms with E-state index in [1.807, 2.05) is 38.2 Å². The van der Waals surface area contributed by atoms with Gasteiger partial charge in [0.1, 0.15) is 16.8 Å². The van der Waals surface area contributed by atoms with E-state index in [9.17, 15) is 10.5 Å². The predicted octanol–water partition coefficient (Wildman–Crippen LogP) is 5.67. The number of thiazole rings is 1. The van der Waals surface area contributed by atoms with Crippen LogP contribution in [0, 0.1) is 11.3 Å². The van der Waals surface area contributed by atoms with Gasteiger partial charge in [-0.25, -0.2) is 9.71 Å². The predicted molar refractivity (Wildman–Crippen MR) is 145 cm³/mol. The van der Waals surface area contributed by atoms with Gasteiger partial charge in [-0.15, -0.1) is 15.8 Å². The van der Waals surface area contributed by atoms with Crippen molar-refractivity contribution in [3.63, 3.8) is 0 Å². The zero-order valence-corrected chi connectivity index (χ0v) is 22.2. The average molecular weight is 522 g/mol. The van der Waals surface area contributed by atoms with Crippen LogP contribution in [0.15, 0.2) is 42.6 Å². The molecule has 0 radical (unpaired) electrons. The molecule has 0 bridgehead atoms. The number of aromatic nitrogens is 1. The molecule has 7 nitrogen and oxygen atoms in total. The highest BCUT2D eigenvalue weighted by molar-refractivity contribution is 7.94. The largest absolute Gasteiger partial charge is 0.490 e. The molecule has 1 saturated heterocycles. The van der Waals surface area contributed by atoms with E-state index < -0.39 is 0 Å². The Bertz CT molecular complexity index is 1250. The first-order chi connectivity index (χ1) is 17.5. The molecular weight excluding hydrogens is 490 g/mol. The number of hydroxylamine groups is 1. The lowest BCUT2D eigenvalue weighted by Crippen LogP contribution is -2.41. The number of ether oxygens (including phenoxy) is 1. The van der Waals surface area contributed by atoms with Crippen molar-refractivity contribution in [3.8, 4) is 32.8 Å². The van der Waals surface area contributed by atoms with Gasteiger partial charge in [-0.2, -0.15) is 5.26 Å². The Labute approximate surface area is 220 Å². The van der Waals surface area contributed by atoms with Crippen molar-refractivity contribution in [1.29, 1.82) is 5.26 Å². The number of hydrogen-bond acceptors (Lipinski definition) is 9. The summed E-state index contributed by atoms with van der Waals surface area (Å²) in [6.07, 6.45) is 5.18. The minimum Gasteiger partial charge on any atom is -0.490 e. The average Bonchev–Trinajstić information content (AvgIpc) is 3.49. The van der Waals surface area contributed by atoms with Gasteiger partial charge >= 0.3 is 0 Å². The third-order valence-electron chi connectivity index (χ3n) is 6.61. The summed E-state index contributed by atoms with van der Waals surface area (Å²) >= 11 is 2.93. The smallest absolute Gasteiger partial charge is 0.137 e. The lowest BCUT2D eigenvalue weighted by molar-refractivity contribution is 0.00227. The van der Waals surface area contributed by atoms with E-state index in [4.69, 9.17) is 4.74 Å². The normalized spacial score (nSPS) is 17.3. The fourth-order valence-electron chi connectivity index (χ4n) is 4.65. The van der Waals surface area contributed by atoms with Crippen molar-refractivity contribution in [2.75, 3.05) is 26.2 Å². The molecule has 9 heteroatoms. The summed E-state index contributed by atoms with van der Waals surface area (Å²) in [4.78, 5) is 8.15. The SMILES string of the molecule is CC(C)Oc1ccc(-c2ncc(-c3cccc4c3CCC4NSN(O)CCN3CCC3)s2)cc1C#N. The fraction of sp³-hybridized carbons (Fsp3) is 0.407. The van der Waals surface area contributed by atoms with Crippen LogP contribution in [-0.2, 0) is 6.42 Å². The zero-order chi connectivity index (χ0) is 25.1. The highest BCUT2D eigenvalue weighted by Gasteiger charge is 2.26. The Kier molecular flexibility index (Phi) is 7.91. The number of benzene rings is 2. The first-order valence-electron chi connectivity index (χ1n) is 12.4. The van der Waals surface area contributed by atoms with E-state index in [0.29, 0.717) is 17.9 Å². The van der Waals surface area contributed by atoms with Crippen LogP contribution in [0.1, 0.15) is 49.4 Å². The van der Waals surface area contributed by atoms with Crippen LogP contribution >= 0.6 is 23.5 Å². The molecule has 1 fully saturated rings. The minimum atomic E-state index is 0.0112. The maximum Gasteiger partial charge on any atom is 0.137 e. The summed E-state index contributed by atoms with van der Waals surface area (Å²) in [6.45, 7) is 7.70. The zero-order valence-electron chi connectivity index (χ0n) is 20.6. The van der Waals surface area contributed by atoms with Gasteiger partial charge in [0.15, 0.2) is 0 Å². The van der Waals surface area contributed by atoms with Crippen LogP contribution < -0.4 is 9.46 Å². The summed E-state index contributed by atoms with van der Waals surface area (Å²) in [5, 5.41) is 20.7. The van der Waals surface area contributed by atoms with E-state index in [2.05, 4.69) is 38.9 Å². The number of nitriles is 1. The molecule has 3 aromatic rings. The van der Waals surface area contributed by atoms with E-state index in [1.54, 1.807) is 11.3 Å². The molecule has 1 aliphatic carbocycles. The van der Waals surface area contributed by atoms with E-state index in [-0.39, 0.29) is 12.1 Å². The van der Waals surface area contributed by atoms with Crippen molar-refractivity contribution in [3.05, 3.63) is 59.3 Å². The monoisotopic (exact) mass is 521 g/mol. The summed E-state index contributed by atoms with van der Waals surface area (Å²) < 4.78 is 10.5. The molecule has 36 heavy (non-hydrogen) atoms. The molecule has 1 atom stereocenters. The third kappa shape index (κ3) is 5.59. The van der Waals surface area contributed by atoms with Crippen LogP contribution in [0.2, 0.25) is 0 Å². The highest BCUT2D eigenvalue weighted by Crippen LogP contribution is 2.41. The van der Waals surface area contributed by atoms with Gasteiger partial charge in [-0.05, 0) is 81.1 Å². The molecule has 1 unspecified atom stereocenters. The van der Waals surface area contributed by atoms with Crippen molar-refractivity contribution in [2.45, 2.75) is 45.3 Å². The molecule has 2 heterocycles. The second-order valence-electron chi connectivity index (χ2n) is 9.46. The first kappa shape index (κ1) is 25.2. The van der Waals surface area contributed by atoms with Crippen molar-refractivity contribution >= 4 is 23.5 Å². The van der Waals surface area contributed by atoms with Gasteiger partial charge in [0.25, 0.3) is 0 Å². The van der Waals surface area contributed by atoms with Gasteiger partial charge in [0.05, 0.1) is 16.5 Å². The van der Waals surface area contributed by atoms with Gasteiger partial charge in [0, 0.05) is 43.0 Å². The van der Waals surface area contributed by atoms with Gasteiger partial charge in [-0.3, -0.25) is 0 Å². The third-order valence-corrected chi connectivity index (χ3v) is 8.47. The lowest BCUT2D eigenvalue weighted by Gasteiger charge is -2.31.